The van der Waals surface area contributed by atoms with Crippen LogP contribution in [0.1, 0.15) is 28.9 Å². The molecule has 0 fully saturated rings. The number of carbonyl (C=O) groups is 2. The minimum atomic E-state index is -0.568. The van der Waals surface area contributed by atoms with Gasteiger partial charge in [-0.2, -0.15) is 0 Å². The first-order valence-electron chi connectivity index (χ1n) is 7.46. The summed E-state index contributed by atoms with van der Waals surface area (Å²) in [6, 6.07) is 11.5. The van der Waals surface area contributed by atoms with Gasteiger partial charge in [-0.3, -0.25) is 4.79 Å². The Bertz CT molecular complexity index is 762. The molecule has 0 saturated heterocycles. The summed E-state index contributed by atoms with van der Waals surface area (Å²) in [6.07, 6.45) is 0. The number of benzene rings is 2. The summed E-state index contributed by atoms with van der Waals surface area (Å²) in [7, 11) is 1.27. The van der Waals surface area contributed by atoms with E-state index in [4.69, 9.17) is 27.9 Å². The van der Waals surface area contributed by atoms with Crippen molar-refractivity contribution in [3.8, 4) is 5.75 Å². The summed E-state index contributed by atoms with van der Waals surface area (Å²) in [5.74, 6) is -0.714. The van der Waals surface area contributed by atoms with Gasteiger partial charge in [-0.25, -0.2) is 4.79 Å². The van der Waals surface area contributed by atoms with Gasteiger partial charge in [0.2, 0.25) is 0 Å². The van der Waals surface area contributed by atoms with E-state index in [0.717, 1.165) is 5.56 Å². The third kappa shape index (κ3) is 5.37. The minimum Gasteiger partial charge on any atom is -0.483 e. The van der Waals surface area contributed by atoms with Crippen LogP contribution in [0.3, 0.4) is 0 Å². The standard InChI is InChI=1S/C18H17Cl2NO4/c1-11(12-3-5-13(19)6-4-12)21-17(22)10-25-16-9-14(20)7-8-15(16)18(23)24-2/h3-9,11H,10H2,1-2H3,(H,21,22). The van der Waals surface area contributed by atoms with E-state index in [1.807, 2.05) is 19.1 Å². The highest BCUT2D eigenvalue weighted by Gasteiger charge is 2.16. The van der Waals surface area contributed by atoms with Crippen molar-refractivity contribution in [2.75, 3.05) is 13.7 Å². The summed E-state index contributed by atoms with van der Waals surface area (Å²) in [4.78, 5) is 23.8. The number of carbonyl (C=O) groups excluding carboxylic acids is 2. The number of halogens is 2. The Balaban J connectivity index is 1.99. The molecule has 0 spiro atoms. The maximum Gasteiger partial charge on any atom is 0.341 e. The average Bonchev–Trinajstić information content (AvgIpc) is 2.60. The highest BCUT2D eigenvalue weighted by molar-refractivity contribution is 6.31. The maximum absolute atomic E-state index is 12.1. The van der Waals surface area contributed by atoms with Crippen LogP contribution in [0.25, 0.3) is 0 Å². The molecule has 0 aliphatic heterocycles. The largest absolute Gasteiger partial charge is 0.483 e. The third-order valence-corrected chi connectivity index (χ3v) is 3.94. The normalized spacial score (nSPS) is 11.5. The first kappa shape index (κ1) is 19.1. The Morgan fingerprint density at radius 3 is 2.36 bits per heavy atom. The molecular formula is C18H17Cl2NO4. The van der Waals surface area contributed by atoms with Gasteiger partial charge < -0.3 is 14.8 Å². The van der Waals surface area contributed by atoms with Crippen LogP contribution in [0.15, 0.2) is 42.5 Å². The topological polar surface area (TPSA) is 64.6 Å². The number of ether oxygens (including phenoxy) is 2. The van der Waals surface area contributed by atoms with Crippen LogP contribution in [0.5, 0.6) is 5.75 Å². The van der Waals surface area contributed by atoms with E-state index in [1.165, 1.54) is 19.2 Å². The number of amides is 1. The second-order valence-corrected chi connectivity index (χ2v) is 6.13. The molecule has 5 nitrogen and oxygen atoms in total. The molecule has 0 heterocycles. The fourth-order valence-corrected chi connectivity index (χ4v) is 2.44. The molecule has 0 aromatic heterocycles. The van der Waals surface area contributed by atoms with Crippen LogP contribution in [-0.4, -0.2) is 25.6 Å². The van der Waals surface area contributed by atoms with Gasteiger partial charge in [0.25, 0.3) is 5.91 Å². The first-order valence-corrected chi connectivity index (χ1v) is 8.21. The quantitative estimate of drug-likeness (QED) is 0.766. The van der Waals surface area contributed by atoms with Crippen molar-refractivity contribution in [2.45, 2.75) is 13.0 Å². The van der Waals surface area contributed by atoms with Crippen molar-refractivity contribution in [2.24, 2.45) is 0 Å². The van der Waals surface area contributed by atoms with Gasteiger partial charge in [0.05, 0.1) is 13.2 Å². The smallest absolute Gasteiger partial charge is 0.341 e. The van der Waals surface area contributed by atoms with E-state index in [9.17, 15) is 9.59 Å². The Labute approximate surface area is 155 Å². The zero-order chi connectivity index (χ0) is 18.4. The van der Waals surface area contributed by atoms with Crippen molar-refractivity contribution in [1.82, 2.24) is 5.32 Å². The van der Waals surface area contributed by atoms with Crippen molar-refractivity contribution in [3.05, 3.63) is 63.6 Å². The minimum absolute atomic E-state index is 0.189. The van der Waals surface area contributed by atoms with E-state index >= 15 is 0 Å². The molecule has 2 rings (SSSR count). The molecule has 2 aromatic carbocycles. The van der Waals surface area contributed by atoms with Gasteiger partial charge in [-0.15, -0.1) is 0 Å². The average molecular weight is 382 g/mol. The molecule has 1 atom stereocenters. The molecule has 0 aliphatic rings. The van der Waals surface area contributed by atoms with Crippen LogP contribution in [0, 0.1) is 0 Å². The van der Waals surface area contributed by atoms with Crippen molar-refractivity contribution >= 4 is 35.1 Å². The van der Waals surface area contributed by atoms with E-state index < -0.39 is 5.97 Å². The first-order chi connectivity index (χ1) is 11.9. The number of hydrogen-bond acceptors (Lipinski definition) is 4. The molecule has 7 heteroatoms. The van der Waals surface area contributed by atoms with E-state index in [-0.39, 0.29) is 29.9 Å². The predicted molar refractivity (Wildman–Crippen MR) is 96.3 cm³/mol. The molecule has 1 N–H and O–H groups in total. The monoisotopic (exact) mass is 381 g/mol. The van der Waals surface area contributed by atoms with E-state index in [0.29, 0.717) is 10.0 Å². The number of esters is 1. The lowest BCUT2D eigenvalue weighted by atomic mass is 10.1. The number of nitrogens with one attached hydrogen (secondary N) is 1. The summed E-state index contributed by atoms with van der Waals surface area (Å²) >= 11 is 11.8. The fourth-order valence-electron chi connectivity index (χ4n) is 2.16. The predicted octanol–water partition coefficient (Wildman–Crippen LogP) is 4.04. The summed E-state index contributed by atoms with van der Waals surface area (Å²) in [6.45, 7) is 1.59. The highest BCUT2D eigenvalue weighted by Crippen LogP contribution is 2.24. The molecule has 0 radical (unpaired) electrons. The molecule has 25 heavy (non-hydrogen) atoms. The van der Waals surface area contributed by atoms with Gasteiger partial charge in [0.1, 0.15) is 11.3 Å². The van der Waals surface area contributed by atoms with Crippen molar-refractivity contribution < 1.29 is 19.1 Å². The molecule has 0 saturated carbocycles. The van der Waals surface area contributed by atoms with E-state index in [1.54, 1.807) is 18.2 Å². The molecule has 0 bridgehead atoms. The van der Waals surface area contributed by atoms with Crippen LogP contribution < -0.4 is 10.1 Å². The summed E-state index contributed by atoms with van der Waals surface area (Å²) in [5, 5.41) is 3.82. The van der Waals surface area contributed by atoms with Gasteiger partial charge in [-0.05, 0) is 42.8 Å². The van der Waals surface area contributed by atoms with Gasteiger partial charge in [0.15, 0.2) is 6.61 Å². The molecule has 0 aliphatic carbocycles. The second-order valence-electron chi connectivity index (χ2n) is 5.26. The Morgan fingerprint density at radius 1 is 1.08 bits per heavy atom. The number of rotatable bonds is 6. The third-order valence-electron chi connectivity index (χ3n) is 3.46. The Morgan fingerprint density at radius 2 is 1.72 bits per heavy atom. The molecule has 132 valence electrons. The lowest BCUT2D eigenvalue weighted by molar-refractivity contribution is -0.123. The molecule has 1 amide bonds. The molecule has 2 aromatic rings. The molecular weight excluding hydrogens is 365 g/mol. The van der Waals surface area contributed by atoms with Crippen molar-refractivity contribution in [1.29, 1.82) is 0 Å². The van der Waals surface area contributed by atoms with Crippen LogP contribution >= 0.6 is 23.2 Å². The van der Waals surface area contributed by atoms with E-state index in [2.05, 4.69) is 10.1 Å². The van der Waals surface area contributed by atoms with Crippen molar-refractivity contribution in [3.63, 3.8) is 0 Å². The SMILES string of the molecule is COC(=O)c1ccc(Cl)cc1OCC(=O)NC(C)c1ccc(Cl)cc1. The van der Waals surface area contributed by atoms with Crippen LogP contribution in [-0.2, 0) is 9.53 Å². The Hall–Kier alpha value is -2.24. The zero-order valence-corrected chi connectivity index (χ0v) is 15.2. The maximum atomic E-state index is 12.1. The Kier molecular flexibility index (Phi) is 6.67. The lowest BCUT2D eigenvalue weighted by Crippen LogP contribution is -2.31. The fraction of sp³-hybridized carbons (Fsp3) is 0.222. The number of methoxy groups -OCH3 is 1. The van der Waals surface area contributed by atoms with Gasteiger partial charge >= 0.3 is 5.97 Å². The van der Waals surface area contributed by atoms with Crippen LogP contribution in [0.4, 0.5) is 0 Å². The summed E-state index contributed by atoms with van der Waals surface area (Å²) < 4.78 is 10.1. The number of hydrogen-bond donors (Lipinski definition) is 1. The molecule has 1 unspecified atom stereocenters. The van der Waals surface area contributed by atoms with Crippen LogP contribution in [0.2, 0.25) is 10.0 Å². The zero-order valence-electron chi connectivity index (χ0n) is 13.7. The van der Waals surface area contributed by atoms with Gasteiger partial charge in [-0.1, -0.05) is 35.3 Å². The highest BCUT2D eigenvalue weighted by atomic mass is 35.5. The summed E-state index contributed by atoms with van der Waals surface area (Å²) in [5.41, 5.74) is 1.11. The lowest BCUT2D eigenvalue weighted by Gasteiger charge is -2.15. The second kappa shape index (κ2) is 8.74. The van der Waals surface area contributed by atoms with Gasteiger partial charge in [0, 0.05) is 10.0 Å².